The fraction of sp³-hybridized carbons (Fsp3) is 0.200. The number of aromatic nitrogens is 1. The molecule has 2 rings (SSSR count). The van der Waals surface area contributed by atoms with Crippen LogP contribution in [0.3, 0.4) is 0 Å². The second-order valence-electron chi connectivity index (χ2n) is 2.90. The van der Waals surface area contributed by atoms with E-state index in [-0.39, 0.29) is 0 Å². The van der Waals surface area contributed by atoms with Crippen molar-refractivity contribution in [2.45, 2.75) is 6.54 Å². The van der Waals surface area contributed by atoms with Crippen LogP contribution in [0.15, 0.2) is 24.4 Å². The first-order valence-corrected chi connectivity index (χ1v) is 4.20. The van der Waals surface area contributed by atoms with Crippen molar-refractivity contribution in [3.8, 4) is 5.75 Å². The lowest BCUT2D eigenvalue weighted by molar-refractivity contribution is 0.415. The molecular formula is C10H12N2O. The number of hydrogen-bond donors (Lipinski definition) is 2. The van der Waals surface area contributed by atoms with Crippen molar-refractivity contribution < 1.29 is 4.74 Å². The minimum absolute atomic E-state index is 0.504. The van der Waals surface area contributed by atoms with Gasteiger partial charge in [-0.1, -0.05) is 6.07 Å². The zero-order valence-electron chi connectivity index (χ0n) is 7.50. The Bertz CT molecular complexity index is 420. The van der Waals surface area contributed by atoms with Crippen molar-refractivity contribution in [2.24, 2.45) is 5.73 Å². The lowest BCUT2D eigenvalue weighted by atomic mass is 10.1. The summed E-state index contributed by atoms with van der Waals surface area (Å²) in [5.74, 6) is 0.876. The molecule has 1 aromatic heterocycles. The largest absolute Gasteiger partial charge is 0.496 e. The number of nitrogens with one attached hydrogen (secondary N) is 1. The SMILES string of the molecule is COc1c(CN)ccc2[nH]ccc12. The lowest BCUT2D eigenvalue weighted by Crippen LogP contribution is -1.99. The molecule has 0 radical (unpaired) electrons. The van der Waals surface area contributed by atoms with E-state index in [1.54, 1.807) is 7.11 Å². The number of ether oxygens (including phenoxy) is 1. The molecule has 3 nitrogen and oxygen atoms in total. The number of aromatic amines is 1. The maximum absolute atomic E-state index is 5.60. The topological polar surface area (TPSA) is 51.0 Å². The molecule has 68 valence electrons. The first-order chi connectivity index (χ1) is 6.36. The van der Waals surface area contributed by atoms with Gasteiger partial charge in [0.15, 0.2) is 0 Å². The van der Waals surface area contributed by atoms with E-state index in [0.717, 1.165) is 22.2 Å². The lowest BCUT2D eigenvalue weighted by Gasteiger charge is -2.07. The van der Waals surface area contributed by atoms with Crippen LogP contribution < -0.4 is 10.5 Å². The Labute approximate surface area is 76.5 Å². The van der Waals surface area contributed by atoms with E-state index in [1.165, 1.54) is 0 Å². The molecule has 0 aliphatic rings. The van der Waals surface area contributed by atoms with Gasteiger partial charge in [-0.15, -0.1) is 0 Å². The Morgan fingerprint density at radius 2 is 2.23 bits per heavy atom. The maximum Gasteiger partial charge on any atom is 0.132 e. The molecule has 1 aromatic carbocycles. The van der Waals surface area contributed by atoms with Crippen LogP contribution in [-0.4, -0.2) is 12.1 Å². The number of methoxy groups -OCH3 is 1. The third kappa shape index (κ3) is 1.17. The Morgan fingerprint density at radius 1 is 1.38 bits per heavy atom. The second-order valence-corrected chi connectivity index (χ2v) is 2.90. The Hall–Kier alpha value is -1.48. The third-order valence-electron chi connectivity index (χ3n) is 2.19. The summed E-state index contributed by atoms with van der Waals surface area (Å²) in [6, 6.07) is 5.99. The molecule has 0 saturated heterocycles. The van der Waals surface area contributed by atoms with Crippen molar-refractivity contribution in [2.75, 3.05) is 7.11 Å². The number of benzene rings is 1. The number of hydrogen-bond acceptors (Lipinski definition) is 2. The van der Waals surface area contributed by atoms with Crippen LogP contribution in [0, 0.1) is 0 Å². The Kier molecular flexibility index (Phi) is 1.94. The van der Waals surface area contributed by atoms with Gasteiger partial charge in [0.25, 0.3) is 0 Å². The fourth-order valence-corrected chi connectivity index (χ4v) is 1.55. The summed E-state index contributed by atoms with van der Waals surface area (Å²) < 4.78 is 5.31. The van der Waals surface area contributed by atoms with E-state index in [1.807, 2.05) is 24.4 Å². The number of H-pyrrole nitrogens is 1. The number of rotatable bonds is 2. The molecule has 0 unspecified atom stereocenters. The highest BCUT2D eigenvalue weighted by atomic mass is 16.5. The first kappa shape index (κ1) is 8.13. The molecule has 3 N–H and O–H groups in total. The van der Waals surface area contributed by atoms with Gasteiger partial charge >= 0.3 is 0 Å². The van der Waals surface area contributed by atoms with Gasteiger partial charge in [-0.05, 0) is 12.1 Å². The average molecular weight is 176 g/mol. The molecule has 0 fully saturated rings. The highest BCUT2D eigenvalue weighted by Crippen LogP contribution is 2.28. The van der Waals surface area contributed by atoms with E-state index in [9.17, 15) is 0 Å². The van der Waals surface area contributed by atoms with Crippen molar-refractivity contribution in [1.29, 1.82) is 0 Å². The van der Waals surface area contributed by atoms with E-state index < -0.39 is 0 Å². The number of nitrogens with two attached hydrogens (primary N) is 1. The predicted octanol–water partition coefficient (Wildman–Crippen LogP) is 1.64. The van der Waals surface area contributed by atoms with Crippen molar-refractivity contribution in [3.63, 3.8) is 0 Å². The van der Waals surface area contributed by atoms with Crippen molar-refractivity contribution in [1.82, 2.24) is 4.98 Å². The van der Waals surface area contributed by atoms with Crippen LogP contribution in [0.2, 0.25) is 0 Å². The minimum Gasteiger partial charge on any atom is -0.496 e. The van der Waals surface area contributed by atoms with Crippen molar-refractivity contribution >= 4 is 10.9 Å². The third-order valence-corrected chi connectivity index (χ3v) is 2.19. The fourth-order valence-electron chi connectivity index (χ4n) is 1.55. The predicted molar refractivity (Wildman–Crippen MR) is 52.7 cm³/mol. The summed E-state index contributed by atoms with van der Waals surface area (Å²) in [5, 5.41) is 1.09. The summed E-state index contributed by atoms with van der Waals surface area (Å²) >= 11 is 0. The molecular weight excluding hydrogens is 164 g/mol. The normalized spacial score (nSPS) is 10.6. The minimum atomic E-state index is 0.504. The van der Waals surface area contributed by atoms with Crippen LogP contribution >= 0.6 is 0 Å². The van der Waals surface area contributed by atoms with E-state index in [4.69, 9.17) is 10.5 Å². The summed E-state index contributed by atoms with van der Waals surface area (Å²) in [5.41, 5.74) is 7.71. The molecule has 0 bridgehead atoms. The Morgan fingerprint density at radius 3 is 2.92 bits per heavy atom. The summed E-state index contributed by atoms with van der Waals surface area (Å²) in [4.78, 5) is 3.12. The number of fused-ring (bicyclic) bond motifs is 1. The highest BCUT2D eigenvalue weighted by molar-refractivity contribution is 5.87. The molecule has 0 aliphatic carbocycles. The molecule has 0 aliphatic heterocycles. The molecule has 3 heteroatoms. The molecule has 0 atom stereocenters. The molecule has 2 aromatic rings. The molecule has 0 spiro atoms. The van der Waals surface area contributed by atoms with Gasteiger partial charge < -0.3 is 15.5 Å². The van der Waals surface area contributed by atoms with Crippen LogP contribution in [0.25, 0.3) is 10.9 Å². The van der Waals surface area contributed by atoms with E-state index in [0.29, 0.717) is 6.54 Å². The molecule has 0 amide bonds. The second kappa shape index (κ2) is 3.11. The van der Waals surface area contributed by atoms with Crippen LogP contribution in [0.4, 0.5) is 0 Å². The Balaban J connectivity index is 2.74. The summed E-state index contributed by atoms with van der Waals surface area (Å²) in [7, 11) is 1.67. The van der Waals surface area contributed by atoms with E-state index >= 15 is 0 Å². The quantitative estimate of drug-likeness (QED) is 0.730. The zero-order valence-corrected chi connectivity index (χ0v) is 7.50. The first-order valence-electron chi connectivity index (χ1n) is 4.20. The molecule has 0 saturated carbocycles. The van der Waals surface area contributed by atoms with Crippen LogP contribution in [0.5, 0.6) is 5.75 Å². The van der Waals surface area contributed by atoms with Gasteiger partial charge in [0.05, 0.1) is 7.11 Å². The standard InChI is InChI=1S/C10H12N2O/c1-13-10-7(6-11)2-3-9-8(10)4-5-12-9/h2-5,12H,6,11H2,1H3. The van der Waals surface area contributed by atoms with Gasteiger partial charge in [0.1, 0.15) is 5.75 Å². The average Bonchev–Trinajstić information content (AvgIpc) is 2.63. The van der Waals surface area contributed by atoms with Crippen LogP contribution in [-0.2, 0) is 6.54 Å². The summed E-state index contributed by atoms with van der Waals surface area (Å²) in [6.45, 7) is 0.504. The zero-order chi connectivity index (χ0) is 9.26. The monoisotopic (exact) mass is 176 g/mol. The van der Waals surface area contributed by atoms with Gasteiger partial charge in [0, 0.05) is 29.2 Å². The van der Waals surface area contributed by atoms with Crippen molar-refractivity contribution in [3.05, 3.63) is 30.0 Å². The summed E-state index contributed by atoms with van der Waals surface area (Å²) in [6.07, 6.45) is 1.90. The van der Waals surface area contributed by atoms with Gasteiger partial charge in [-0.3, -0.25) is 0 Å². The smallest absolute Gasteiger partial charge is 0.132 e. The van der Waals surface area contributed by atoms with Crippen LogP contribution in [0.1, 0.15) is 5.56 Å². The van der Waals surface area contributed by atoms with Gasteiger partial charge in [-0.2, -0.15) is 0 Å². The van der Waals surface area contributed by atoms with Gasteiger partial charge in [0.2, 0.25) is 0 Å². The molecule has 13 heavy (non-hydrogen) atoms. The van der Waals surface area contributed by atoms with E-state index in [2.05, 4.69) is 4.98 Å². The van der Waals surface area contributed by atoms with Gasteiger partial charge in [-0.25, -0.2) is 0 Å². The molecule has 1 heterocycles. The highest BCUT2D eigenvalue weighted by Gasteiger charge is 2.06. The maximum atomic E-state index is 5.60.